The third-order valence-electron chi connectivity index (χ3n) is 9.22. The molecule has 0 amide bonds. The summed E-state index contributed by atoms with van der Waals surface area (Å²) >= 11 is 0. The lowest BCUT2D eigenvalue weighted by atomic mass is 9.86. The van der Waals surface area contributed by atoms with Crippen molar-refractivity contribution in [3.05, 3.63) is 133 Å². The zero-order valence-electron chi connectivity index (χ0n) is 27.4. The van der Waals surface area contributed by atoms with Gasteiger partial charge in [-0.2, -0.15) is 0 Å². The standard InChI is InChI=1S/C41H37N5O/c1-27-22-39(43-25-34(27)28-14-16-29(17-15-28)41(2,3)4)46-35-11-7-6-10-32(35)33-19-18-31(24-38(33)46)47-40-23-30(20-21-42-40)45-26-44(5)36-12-8-9-13-37(36)45/h6-25H,26H2,1-5H3. The minimum atomic E-state index is 0.116. The predicted molar refractivity (Wildman–Crippen MR) is 194 cm³/mol. The highest BCUT2D eigenvalue weighted by molar-refractivity contribution is 6.09. The van der Waals surface area contributed by atoms with Gasteiger partial charge in [0.25, 0.3) is 0 Å². The van der Waals surface area contributed by atoms with E-state index in [9.17, 15) is 0 Å². The molecule has 0 saturated carbocycles. The second-order valence-corrected chi connectivity index (χ2v) is 13.4. The average molecular weight is 616 g/mol. The summed E-state index contributed by atoms with van der Waals surface area (Å²) < 4.78 is 8.67. The Morgan fingerprint density at radius 1 is 0.723 bits per heavy atom. The van der Waals surface area contributed by atoms with Crippen molar-refractivity contribution in [3.63, 3.8) is 0 Å². The number of hydrogen-bond acceptors (Lipinski definition) is 5. The van der Waals surface area contributed by atoms with Gasteiger partial charge in [-0.15, -0.1) is 0 Å². The van der Waals surface area contributed by atoms with Gasteiger partial charge in [0, 0.05) is 53.6 Å². The van der Waals surface area contributed by atoms with Crippen molar-refractivity contribution in [1.82, 2.24) is 14.5 Å². The fourth-order valence-corrected chi connectivity index (χ4v) is 6.72. The smallest absolute Gasteiger partial charge is 0.221 e. The molecule has 8 rings (SSSR count). The second-order valence-electron chi connectivity index (χ2n) is 13.4. The van der Waals surface area contributed by atoms with Crippen molar-refractivity contribution in [2.45, 2.75) is 33.1 Å². The van der Waals surface area contributed by atoms with Crippen LogP contribution in [0.1, 0.15) is 31.9 Å². The Kier molecular flexibility index (Phi) is 6.76. The van der Waals surface area contributed by atoms with E-state index >= 15 is 0 Å². The van der Waals surface area contributed by atoms with Crippen LogP contribution in [0.2, 0.25) is 0 Å². The number of aromatic nitrogens is 3. The number of aryl methyl sites for hydroxylation is 1. The van der Waals surface area contributed by atoms with Gasteiger partial charge in [-0.3, -0.25) is 4.57 Å². The molecule has 1 aliphatic rings. The van der Waals surface area contributed by atoms with Crippen LogP contribution >= 0.6 is 0 Å². The first-order valence-corrected chi connectivity index (χ1v) is 16.1. The summed E-state index contributed by atoms with van der Waals surface area (Å²) in [5.74, 6) is 2.14. The molecule has 0 spiro atoms. The number of fused-ring (bicyclic) bond motifs is 4. The van der Waals surface area contributed by atoms with Crippen LogP contribution < -0.4 is 14.5 Å². The van der Waals surface area contributed by atoms with Crippen molar-refractivity contribution in [2.75, 3.05) is 23.5 Å². The van der Waals surface area contributed by atoms with E-state index in [0.29, 0.717) is 5.88 Å². The lowest BCUT2D eigenvalue weighted by Gasteiger charge is -2.20. The summed E-state index contributed by atoms with van der Waals surface area (Å²) in [6.07, 6.45) is 3.81. The average Bonchev–Trinajstić information content (AvgIpc) is 3.59. The molecule has 0 N–H and O–H groups in total. The maximum atomic E-state index is 6.44. The monoisotopic (exact) mass is 615 g/mol. The van der Waals surface area contributed by atoms with Crippen LogP contribution in [-0.2, 0) is 5.41 Å². The van der Waals surface area contributed by atoms with Gasteiger partial charge in [-0.05, 0) is 71.5 Å². The predicted octanol–water partition coefficient (Wildman–Crippen LogP) is 10.2. The van der Waals surface area contributed by atoms with Gasteiger partial charge in [0.2, 0.25) is 5.88 Å². The zero-order valence-corrected chi connectivity index (χ0v) is 27.4. The van der Waals surface area contributed by atoms with Crippen LogP contribution in [0.25, 0.3) is 38.8 Å². The van der Waals surface area contributed by atoms with Crippen molar-refractivity contribution in [3.8, 4) is 28.6 Å². The first-order chi connectivity index (χ1) is 22.7. The van der Waals surface area contributed by atoms with Crippen LogP contribution in [-0.4, -0.2) is 28.3 Å². The molecule has 0 atom stereocenters. The molecule has 232 valence electrons. The lowest BCUT2D eigenvalue weighted by Crippen LogP contribution is -2.23. The summed E-state index contributed by atoms with van der Waals surface area (Å²) in [5, 5.41) is 2.32. The highest BCUT2D eigenvalue weighted by Crippen LogP contribution is 2.41. The van der Waals surface area contributed by atoms with E-state index in [-0.39, 0.29) is 5.41 Å². The molecule has 6 heteroatoms. The Morgan fingerprint density at radius 3 is 2.26 bits per heavy atom. The molecular weight excluding hydrogens is 578 g/mol. The summed E-state index contributed by atoms with van der Waals surface area (Å²) in [5.41, 5.74) is 10.5. The van der Waals surface area contributed by atoms with Crippen LogP contribution in [0.5, 0.6) is 11.6 Å². The Hall–Kier alpha value is -5.62. The Labute approximate surface area is 275 Å². The van der Waals surface area contributed by atoms with E-state index in [0.717, 1.165) is 45.9 Å². The molecule has 0 saturated heterocycles. The van der Waals surface area contributed by atoms with E-state index in [1.54, 1.807) is 0 Å². The normalized spacial score (nSPS) is 13.0. The van der Waals surface area contributed by atoms with Crippen molar-refractivity contribution < 1.29 is 4.74 Å². The van der Waals surface area contributed by atoms with Gasteiger partial charge in [0.15, 0.2) is 0 Å². The number of rotatable bonds is 5. The second kappa shape index (κ2) is 11.0. The molecule has 6 nitrogen and oxygen atoms in total. The Balaban J connectivity index is 1.16. The number of benzene rings is 4. The maximum absolute atomic E-state index is 6.44. The number of hydrogen-bond donors (Lipinski definition) is 0. The van der Waals surface area contributed by atoms with Gasteiger partial charge in [-0.25, -0.2) is 9.97 Å². The maximum Gasteiger partial charge on any atom is 0.221 e. The van der Waals surface area contributed by atoms with E-state index < -0.39 is 0 Å². The van der Waals surface area contributed by atoms with E-state index in [2.05, 4.69) is 145 Å². The highest BCUT2D eigenvalue weighted by Gasteiger charge is 2.24. The molecule has 7 aromatic rings. The third-order valence-corrected chi connectivity index (χ3v) is 9.22. The number of pyridine rings is 2. The molecule has 1 aliphatic heterocycles. The molecule has 0 unspecified atom stereocenters. The number of ether oxygens (including phenoxy) is 1. The molecular formula is C41H37N5O. The molecule has 47 heavy (non-hydrogen) atoms. The molecule has 0 radical (unpaired) electrons. The fourth-order valence-electron chi connectivity index (χ4n) is 6.72. The van der Waals surface area contributed by atoms with Gasteiger partial charge in [-0.1, -0.05) is 75.4 Å². The van der Waals surface area contributed by atoms with E-state index in [1.165, 1.54) is 33.5 Å². The Bertz CT molecular complexity index is 2280. The minimum absolute atomic E-state index is 0.116. The van der Waals surface area contributed by atoms with Gasteiger partial charge < -0.3 is 14.5 Å². The van der Waals surface area contributed by atoms with Crippen molar-refractivity contribution in [2.24, 2.45) is 0 Å². The number of para-hydroxylation sites is 3. The molecule has 0 fully saturated rings. The number of anilines is 3. The summed E-state index contributed by atoms with van der Waals surface area (Å²) in [6.45, 7) is 9.65. The summed E-state index contributed by atoms with van der Waals surface area (Å²) in [7, 11) is 2.11. The first kappa shape index (κ1) is 28.8. The van der Waals surface area contributed by atoms with Gasteiger partial charge in [0.1, 0.15) is 11.6 Å². The summed E-state index contributed by atoms with van der Waals surface area (Å²) in [4.78, 5) is 14.1. The Morgan fingerprint density at radius 2 is 1.47 bits per heavy atom. The first-order valence-electron chi connectivity index (χ1n) is 16.1. The van der Waals surface area contributed by atoms with Gasteiger partial charge in [0.05, 0.1) is 29.1 Å². The third kappa shape index (κ3) is 5.06. The quantitative estimate of drug-likeness (QED) is 0.193. The molecule has 4 heterocycles. The lowest BCUT2D eigenvalue weighted by molar-refractivity contribution is 0.463. The largest absolute Gasteiger partial charge is 0.439 e. The topological polar surface area (TPSA) is 46.4 Å². The summed E-state index contributed by atoms with van der Waals surface area (Å²) in [6, 6.07) is 38.3. The van der Waals surface area contributed by atoms with Gasteiger partial charge >= 0.3 is 0 Å². The highest BCUT2D eigenvalue weighted by atomic mass is 16.5. The van der Waals surface area contributed by atoms with Crippen molar-refractivity contribution in [1.29, 1.82) is 0 Å². The molecule has 0 aliphatic carbocycles. The zero-order chi connectivity index (χ0) is 32.3. The SMILES string of the molecule is Cc1cc(-n2c3ccccc3c3ccc(Oc4cc(N5CN(C)c6ccccc65)ccn4)cc32)ncc1-c1ccc(C(C)(C)C)cc1. The minimum Gasteiger partial charge on any atom is -0.439 e. The van der Waals surface area contributed by atoms with Crippen molar-refractivity contribution >= 4 is 38.9 Å². The van der Waals surface area contributed by atoms with Crippen LogP contribution in [0.4, 0.5) is 17.1 Å². The molecule has 3 aromatic heterocycles. The fraction of sp³-hybridized carbons (Fsp3) is 0.171. The van der Waals surface area contributed by atoms with E-state index in [4.69, 9.17) is 9.72 Å². The molecule has 0 bridgehead atoms. The van der Waals surface area contributed by atoms with E-state index in [1.807, 2.05) is 30.6 Å². The van der Waals surface area contributed by atoms with Crippen LogP contribution in [0.3, 0.4) is 0 Å². The molecule has 4 aromatic carbocycles. The number of nitrogens with zero attached hydrogens (tertiary/aromatic N) is 5. The van der Waals surface area contributed by atoms with Crippen LogP contribution in [0.15, 0.2) is 122 Å². The van der Waals surface area contributed by atoms with Crippen LogP contribution in [0, 0.1) is 6.92 Å².